The predicted octanol–water partition coefficient (Wildman–Crippen LogP) is 13.7. The lowest BCUT2D eigenvalue weighted by Gasteiger charge is -2.26. The van der Waals surface area contributed by atoms with Crippen LogP contribution in [-0.4, -0.2) is 95.0 Å². The van der Waals surface area contributed by atoms with Gasteiger partial charge in [0.05, 0.1) is 5.71 Å². The molecule has 1 unspecified atom stereocenters. The summed E-state index contributed by atoms with van der Waals surface area (Å²) in [6.07, 6.45) is 23.0. The molecule has 3 heterocycles. The fourth-order valence-corrected chi connectivity index (χ4v) is 9.31. The van der Waals surface area contributed by atoms with Gasteiger partial charge in [0.25, 0.3) is 0 Å². The number of aryl methyl sites for hydroxylation is 2. The van der Waals surface area contributed by atoms with Gasteiger partial charge in [0.2, 0.25) is 24.6 Å². The molecule has 0 saturated heterocycles. The van der Waals surface area contributed by atoms with Crippen molar-refractivity contribution in [2.24, 2.45) is 10.7 Å². The van der Waals surface area contributed by atoms with Crippen LogP contribution in [0.4, 0.5) is 5.69 Å². The van der Waals surface area contributed by atoms with E-state index in [1.807, 2.05) is 84.7 Å². The Balaban J connectivity index is 0. The minimum atomic E-state index is -0.361. The molecule has 1 fully saturated rings. The first-order valence-corrected chi connectivity index (χ1v) is 30.4. The van der Waals surface area contributed by atoms with Gasteiger partial charge in [-0.2, -0.15) is 0 Å². The molecule has 18 heteroatoms. The molecule has 4 aromatic rings. The second-order valence-corrected chi connectivity index (χ2v) is 20.4. The summed E-state index contributed by atoms with van der Waals surface area (Å²) in [7, 11) is 1.90. The molecule has 0 bridgehead atoms. The molecule has 16 nitrogen and oxygen atoms in total. The minimum Gasteiger partial charge on any atom is -0.359 e. The van der Waals surface area contributed by atoms with E-state index in [4.69, 9.17) is 27.1 Å². The Morgan fingerprint density at radius 2 is 1.44 bits per heavy atom. The zero-order valence-corrected chi connectivity index (χ0v) is 53.2. The maximum Gasteiger partial charge on any atom is 0.226 e. The number of hydrogen-bond acceptors (Lipinski definition) is 13. The topological polar surface area (TPSA) is 228 Å². The molecule has 0 spiro atoms. The van der Waals surface area contributed by atoms with Crippen molar-refractivity contribution in [1.82, 2.24) is 30.3 Å². The van der Waals surface area contributed by atoms with Gasteiger partial charge >= 0.3 is 0 Å². The summed E-state index contributed by atoms with van der Waals surface area (Å²) in [5.74, 6) is 1.23. The highest BCUT2D eigenvalue weighted by molar-refractivity contribution is 7.15. The van der Waals surface area contributed by atoms with Gasteiger partial charge in [-0.25, -0.2) is 0 Å². The van der Waals surface area contributed by atoms with E-state index in [-0.39, 0.29) is 36.7 Å². The van der Waals surface area contributed by atoms with Crippen LogP contribution in [-0.2, 0) is 41.7 Å². The number of benzene rings is 2. The number of fused-ring (bicyclic) bond motifs is 3. The molecule has 1 saturated carbocycles. The molecular weight excluding hydrogens is 1070 g/mol. The molecule has 4 amide bonds. The number of nitrogens with one attached hydrogen (secondary N) is 3. The largest absolute Gasteiger partial charge is 0.359 e. The number of aromatic nitrogens is 3. The molecule has 2 atom stereocenters. The third-order valence-corrected chi connectivity index (χ3v) is 14.1. The van der Waals surface area contributed by atoms with Crippen LogP contribution in [0.3, 0.4) is 0 Å². The number of imide groups is 1. The minimum absolute atomic E-state index is 0.0363. The molecule has 82 heavy (non-hydrogen) atoms. The molecule has 1 aliphatic heterocycles. The normalized spacial score (nSPS) is 12.8. The van der Waals surface area contributed by atoms with E-state index in [1.165, 1.54) is 62.3 Å². The average Bonchev–Trinajstić information content (AvgIpc) is 3.46. The Hall–Kier alpha value is -6.27. The van der Waals surface area contributed by atoms with Crippen molar-refractivity contribution in [2.75, 3.05) is 25.5 Å². The molecule has 6 rings (SSSR count). The summed E-state index contributed by atoms with van der Waals surface area (Å²) in [5, 5.41) is 18.0. The van der Waals surface area contributed by atoms with Crippen molar-refractivity contribution in [3.05, 3.63) is 117 Å². The molecular formula is C64H100ClN9O7S. The number of nitrogens with zero attached hydrogens (tertiary/aromatic N) is 5. The Morgan fingerprint density at radius 3 is 1.93 bits per heavy atom. The smallest absolute Gasteiger partial charge is 0.226 e. The van der Waals surface area contributed by atoms with Gasteiger partial charge in [-0.1, -0.05) is 160 Å². The Labute approximate surface area is 501 Å². The molecule has 456 valence electrons. The van der Waals surface area contributed by atoms with E-state index in [9.17, 15) is 28.8 Å². The van der Waals surface area contributed by atoms with Crippen LogP contribution in [0.2, 0.25) is 5.02 Å². The van der Waals surface area contributed by atoms with Crippen LogP contribution >= 0.6 is 22.9 Å². The van der Waals surface area contributed by atoms with E-state index in [1.54, 1.807) is 35.6 Å². The summed E-state index contributed by atoms with van der Waals surface area (Å²) >= 11 is 7.80. The van der Waals surface area contributed by atoms with Crippen molar-refractivity contribution >= 4 is 77.8 Å². The molecule has 5 N–H and O–H groups in total. The first kappa shape index (κ1) is 77.8. The third kappa shape index (κ3) is 30.7. The number of unbranched alkanes of at least 4 members (excludes halogenated alkanes) is 4. The van der Waals surface area contributed by atoms with E-state index >= 15 is 0 Å². The van der Waals surface area contributed by atoms with Crippen LogP contribution in [0.1, 0.15) is 220 Å². The highest BCUT2D eigenvalue weighted by atomic mass is 35.5. The van der Waals surface area contributed by atoms with Gasteiger partial charge in [-0.05, 0) is 98.2 Å². The van der Waals surface area contributed by atoms with Crippen molar-refractivity contribution in [1.29, 1.82) is 0 Å². The summed E-state index contributed by atoms with van der Waals surface area (Å²) in [5.41, 5.74) is 12.6. The predicted molar refractivity (Wildman–Crippen MR) is 342 cm³/mol. The third-order valence-electron chi connectivity index (χ3n) is 12.7. The van der Waals surface area contributed by atoms with Gasteiger partial charge in [-0.15, -0.1) is 21.5 Å². The number of anilines is 1. The SMILES string of the molecule is C1CCCCCC1.C=CC(=C)C.CC.CC.CC(CCC(=O)NC=O)N(C)Cc1c(C=O)cccc1NC(=O)CCCCCCCN.CC=O.CCNC=O.CCc1nnc2n1-c1sc(C)c(C)c1C(c1ccc(Cl)cc1)=N[C@H]2CC=O. The average molecular weight is 1180 g/mol. The number of rotatable bonds is 23. The number of nitrogens with two attached hydrogens (primary N) is 1. The highest BCUT2D eigenvalue weighted by Crippen LogP contribution is 2.39. The number of carbonyl (C=O) groups is 7. The van der Waals surface area contributed by atoms with Crippen molar-refractivity contribution in [2.45, 2.75) is 204 Å². The van der Waals surface area contributed by atoms with E-state index < -0.39 is 0 Å². The van der Waals surface area contributed by atoms with Crippen molar-refractivity contribution < 1.29 is 33.6 Å². The number of halogens is 1. The Morgan fingerprint density at radius 1 is 0.866 bits per heavy atom. The summed E-state index contributed by atoms with van der Waals surface area (Å²) < 4.78 is 2.10. The first-order chi connectivity index (χ1) is 39.6. The van der Waals surface area contributed by atoms with Crippen LogP contribution in [0, 0.1) is 13.8 Å². The zero-order chi connectivity index (χ0) is 62.3. The number of aliphatic imine (C=N–C) groups is 1. The number of carbonyl (C=O) groups excluding carboxylic acids is 7. The number of amides is 4. The maximum atomic E-state index is 12.4. The van der Waals surface area contributed by atoms with Gasteiger partial charge in [0, 0.05) is 82.7 Å². The van der Waals surface area contributed by atoms with Gasteiger partial charge in [-0.3, -0.25) is 43.7 Å². The second kappa shape index (κ2) is 49.3. The fourth-order valence-electron chi connectivity index (χ4n) is 8.00. The van der Waals surface area contributed by atoms with Crippen LogP contribution in [0.5, 0.6) is 0 Å². The molecule has 2 aromatic heterocycles. The van der Waals surface area contributed by atoms with Crippen molar-refractivity contribution in [3.8, 4) is 5.00 Å². The van der Waals surface area contributed by atoms with Crippen LogP contribution < -0.4 is 21.7 Å². The van der Waals surface area contributed by atoms with Crippen LogP contribution in [0.15, 0.2) is 72.3 Å². The molecule has 0 radical (unpaired) electrons. The lowest BCUT2D eigenvalue weighted by atomic mass is 9.99. The quantitative estimate of drug-likeness (QED) is 0.0236. The van der Waals surface area contributed by atoms with Gasteiger partial charge in [0.15, 0.2) is 5.82 Å². The molecule has 2 aliphatic rings. The van der Waals surface area contributed by atoms with Crippen LogP contribution in [0.25, 0.3) is 5.00 Å². The summed E-state index contributed by atoms with van der Waals surface area (Å²) in [6, 6.07) is 12.6. The van der Waals surface area contributed by atoms with Gasteiger partial charge in [0.1, 0.15) is 35.7 Å². The number of thiophene rings is 1. The summed E-state index contributed by atoms with van der Waals surface area (Å²) in [6.45, 7) is 30.4. The van der Waals surface area contributed by atoms with E-state index in [2.05, 4.69) is 64.6 Å². The monoisotopic (exact) mass is 1170 g/mol. The van der Waals surface area contributed by atoms with Crippen molar-refractivity contribution in [3.63, 3.8) is 0 Å². The maximum absolute atomic E-state index is 12.4. The number of hydrogen-bond donors (Lipinski definition) is 4. The highest BCUT2D eigenvalue weighted by Gasteiger charge is 2.31. The zero-order valence-electron chi connectivity index (χ0n) is 51.7. The Kier molecular flexibility index (Phi) is 46.8. The van der Waals surface area contributed by atoms with E-state index in [0.717, 1.165) is 109 Å². The Bertz CT molecular complexity index is 2470. The van der Waals surface area contributed by atoms with Gasteiger partial charge < -0.3 is 26.0 Å². The number of aldehydes is 3. The first-order valence-electron chi connectivity index (χ1n) is 29.2. The second-order valence-electron chi connectivity index (χ2n) is 18.8. The number of allylic oxidation sites excluding steroid dienone is 2. The van der Waals surface area contributed by atoms with E-state index in [0.29, 0.717) is 55.0 Å². The molecule has 1 aliphatic carbocycles. The standard InChI is InChI=1S/C23H36N4O4.C20H19ClN4OS.C7H14.C5H8.C3H7NO.C2H4O.2C2H6/c1-18(12-13-22(30)25-17-29)27(2)15-20-19(16-28)9-8-10-21(20)26-23(31)11-6-4-3-5-7-14-24;1-4-16-23-24-19-15(9-10-26)22-18(13-5-7-14(21)8-6-13)17-11(2)12(3)27-20(17)25(16)19;1-2-4-6-7-5-3-1;1-4-5(2)3;1-2-4-3-5;1-2-3;2*1-2/h8-10,16-18H,3-7,11-15,24H2,1-2H3,(H,26,31)(H,25,29,30);5-8,10,15H,4,9H2,1-3H3;1-7H2;4H,1-2H2,3H3;3H,2H2,1H3,(H,4,5);2H,1H3;2*1-2H3/t;15-;;;;;;/m.0....../s1. The summed E-state index contributed by atoms with van der Waals surface area (Å²) in [4.78, 5) is 83.5. The lowest BCUT2D eigenvalue weighted by Crippen LogP contribution is -2.31. The molecule has 2 aromatic carbocycles. The lowest BCUT2D eigenvalue weighted by molar-refractivity contribution is -0.125. The fraction of sp³-hybridized carbons (Fsp3) is 0.531.